The average molecular weight is 225 g/mol. The highest BCUT2D eigenvalue weighted by molar-refractivity contribution is 8.00. The summed E-state index contributed by atoms with van der Waals surface area (Å²) in [5.41, 5.74) is 0. The molecule has 0 aliphatic heterocycles. The van der Waals surface area contributed by atoms with Gasteiger partial charge in [0.25, 0.3) is 0 Å². The molecule has 14 heavy (non-hydrogen) atoms. The lowest BCUT2D eigenvalue weighted by Gasteiger charge is -1.92. The van der Waals surface area contributed by atoms with Gasteiger partial charge >= 0.3 is 0 Å². The molecule has 5 heteroatoms. The summed E-state index contributed by atoms with van der Waals surface area (Å²) < 4.78 is 6.23. The van der Waals surface area contributed by atoms with Crippen LogP contribution < -0.4 is 0 Å². The molecule has 0 N–H and O–H groups in total. The first-order valence-electron chi connectivity index (χ1n) is 3.94. The van der Waals surface area contributed by atoms with Crippen molar-refractivity contribution in [3.63, 3.8) is 0 Å². The summed E-state index contributed by atoms with van der Waals surface area (Å²) in [6.07, 6.45) is 2.48. The third kappa shape index (κ3) is 2.24. The van der Waals surface area contributed by atoms with Crippen LogP contribution >= 0.6 is 23.1 Å². The Hall–Kier alpha value is -1.07. The Morgan fingerprint density at radius 2 is 2.50 bits per heavy atom. The van der Waals surface area contributed by atoms with E-state index in [1.165, 1.54) is 0 Å². The molecule has 3 nitrogen and oxygen atoms in total. The molecule has 2 aromatic heterocycles. The molecule has 0 aliphatic carbocycles. The lowest BCUT2D eigenvalue weighted by molar-refractivity contribution is 0.109. The van der Waals surface area contributed by atoms with E-state index in [0.29, 0.717) is 17.8 Å². The van der Waals surface area contributed by atoms with Gasteiger partial charge < -0.3 is 4.42 Å². The van der Waals surface area contributed by atoms with E-state index in [1.54, 1.807) is 35.4 Å². The minimum Gasteiger partial charge on any atom is -0.457 e. The Bertz CT molecular complexity index is 408. The van der Waals surface area contributed by atoms with Crippen LogP contribution in [0.5, 0.6) is 0 Å². The largest absolute Gasteiger partial charge is 0.457 e. The standard InChI is InChI=1S/C9H7NO2S2/c11-5-7-1-2-8(12-7)6-14-9-10-3-4-13-9/h1-5H,6H2. The molecule has 2 heterocycles. The minimum absolute atomic E-state index is 0.375. The normalized spacial score (nSPS) is 10.3. The van der Waals surface area contributed by atoms with E-state index in [9.17, 15) is 4.79 Å². The van der Waals surface area contributed by atoms with E-state index in [0.717, 1.165) is 10.1 Å². The van der Waals surface area contributed by atoms with Crippen molar-refractivity contribution in [2.75, 3.05) is 0 Å². The van der Waals surface area contributed by atoms with Crippen molar-refractivity contribution in [2.24, 2.45) is 0 Å². The third-order valence-electron chi connectivity index (χ3n) is 1.55. The lowest BCUT2D eigenvalue weighted by atomic mass is 10.4. The van der Waals surface area contributed by atoms with Crippen LogP contribution in [-0.2, 0) is 5.75 Å². The van der Waals surface area contributed by atoms with Gasteiger partial charge in [-0.2, -0.15) is 0 Å². The molecule has 0 spiro atoms. The summed E-state index contributed by atoms with van der Waals surface area (Å²) in [5, 5.41) is 1.93. The second kappa shape index (κ2) is 4.43. The number of thiazole rings is 1. The number of nitrogens with zero attached hydrogens (tertiary/aromatic N) is 1. The number of hydrogen-bond acceptors (Lipinski definition) is 5. The Morgan fingerprint density at radius 1 is 1.57 bits per heavy atom. The average Bonchev–Trinajstić information content (AvgIpc) is 2.86. The summed E-state index contributed by atoms with van der Waals surface area (Å²) in [7, 11) is 0. The molecule has 0 aromatic carbocycles. The van der Waals surface area contributed by atoms with Gasteiger partial charge in [-0.15, -0.1) is 11.3 Å². The first-order chi connectivity index (χ1) is 6.88. The van der Waals surface area contributed by atoms with Gasteiger partial charge in [-0.05, 0) is 12.1 Å². The summed E-state index contributed by atoms with van der Waals surface area (Å²) in [5.74, 6) is 1.88. The van der Waals surface area contributed by atoms with E-state index in [1.807, 2.05) is 11.4 Å². The number of thioether (sulfide) groups is 1. The smallest absolute Gasteiger partial charge is 0.185 e. The zero-order valence-corrected chi connectivity index (χ0v) is 8.81. The zero-order chi connectivity index (χ0) is 9.80. The predicted octanol–water partition coefficient (Wildman–Crippen LogP) is 2.84. The van der Waals surface area contributed by atoms with E-state index in [-0.39, 0.29) is 0 Å². The van der Waals surface area contributed by atoms with Gasteiger partial charge in [-0.1, -0.05) is 11.8 Å². The maximum absolute atomic E-state index is 10.3. The SMILES string of the molecule is O=Cc1ccc(CSc2nccs2)o1. The van der Waals surface area contributed by atoms with Crippen LogP contribution in [0.25, 0.3) is 0 Å². The van der Waals surface area contributed by atoms with Crippen molar-refractivity contribution in [1.82, 2.24) is 4.98 Å². The van der Waals surface area contributed by atoms with Gasteiger partial charge in [0.2, 0.25) is 0 Å². The van der Waals surface area contributed by atoms with Gasteiger partial charge in [0.15, 0.2) is 12.0 Å². The molecule has 0 aliphatic rings. The third-order valence-corrected chi connectivity index (χ3v) is 3.53. The predicted molar refractivity (Wildman–Crippen MR) is 55.8 cm³/mol. The van der Waals surface area contributed by atoms with Crippen LogP contribution in [0.4, 0.5) is 0 Å². The Labute approximate surface area is 89.2 Å². The van der Waals surface area contributed by atoms with Crippen LogP contribution in [0.3, 0.4) is 0 Å². The van der Waals surface area contributed by atoms with Crippen molar-refractivity contribution >= 4 is 29.4 Å². The van der Waals surface area contributed by atoms with Crippen molar-refractivity contribution in [2.45, 2.75) is 10.1 Å². The number of furan rings is 1. The van der Waals surface area contributed by atoms with Gasteiger partial charge in [0.1, 0.15) is 10.1 Å². The molecule has 0 atom stereocenters. The molecule has 2 aromatic rings. The molecular formula is C9H7NO2S2. The van der Waals surface area contributed by atoms with E-state index >= 15 is 0 Å². The Kier molecular flexibility index (Phi) is 3.00. The summed E-state index contributed by atoms with van der Waals surface area (Å²) in [6.45, 7) is 0. The van der Waals surface area contributed by atoms with Crippen molar-refractivity contribution in [3.8, 4) is 0 Å². The lowest BCUT2D eigenvalue weighted by Crippen LogP contribution is -1.75. The fraction of sp³-hybridized carbons (Fsp3) is 0.111. The maximum atomic E-state index is 10.3. The van der Waals surface area contributed by atoms with E-state index in [2.05, 4.69) is 4.98 Å². The van der Waals surface area contributed by atoms with Crippen LogP contribution in [0, 0.1) is 0 Å². The first-order valence-corrected chi connectivity index (χ1v) is 5.81. The quantitative estimate of drug-likeness (QED) is 0.592. The molecule has 0 saturated carbocycles. The number of carbonyl (C=O) groups excluding carboxylic acids is 1. The summed E-state index contributed by atoms with van der Waals surface area (Å²) in [6, 6.07) is 3.48. The summed E-state index contributed by atoms with van der Waals surface area (Å²) in [4.78, 5) is 14.5. The molecule has 0 unspecified atom stereocenters. The maximum Gasteiger partial charge on any atom is 0.185 e. The fourth-order valence-electron chi connectivity index (χ4n) is 0.950. The number of aromatic nitrogens is 1. The van der Waals surface area contributed by atoms with Crippen LogP contribution in [0.1, 0.15) is 16.3 Å². The number of rotatable bonds is 4. The van der Waals surface area contributed by atoms with Gasteiger partial charge in [-0.25, -0.2) is 4.98 Å². The molecular weight excluding hydrogens is 218 g/mol. The molecule has 0 fully saturated rings. The zero-order valence-electron chi connectivity index (χ0n) is 7.17. The fourth-order valence-corrected chi connectivity index (χ4v) is 2.48. The minimum atomic E-state index is 0.375. The number of aldehydes is 1. The highest BCUT2D eigenvalue weighted by Crippen LogP contribution is 2.24. The molecule has 72 valence electrons. The Balaban J connectivity index is 1.95. The second-order valence-corrected chi connectivity index (χ2v) is 4.63. The highest BCUT2D eigenvalue weighted by atomic mass is 32.2. The van der Waals surface area contributed by atoms with E-state index < -0.39 is 0 Å². The molecule has 2 rings (SSSR count). The molecule has 0 amide bonds. The highest BCUT2D eigenvalue weighted by Gasteiger charge is 2.02. The van der Waals surface area contributed by atoms with Gasteiger partial charge in [-0.3, -0.25) is 4.79 Å². The van der Waals surface area contributed by atoms with Crippen LogP contribution in [0.2, 0.25) is 0 Å². The molecule has 0 saturated heterocycles. The van der Waals surface area contributed by atoms with Crippen LogP contribution in [-0.4, -0.2) is 11.3 Å². The Morgan fingerprint density at radius 3 is 3.14 bits per heavy atom. The summed E-state index contributed by atoms with van der Waals surface area (Å²) >= 11 is 3.20. The number of hydrogen-bond donors (Lipinski definition) is 0. The number of carbonyl (C=O) groups is 1. The van der Waals surface area contributed by atoms with Gasteiger partial charge in [0, 0.05) is 11.6 Å². The topological polar surface area (TPSA) is 43.1 Å². The van der Waals surface area contributed by atoms with Crippen LogP contribution in [0.15, 0.2) is 32.5 Å². The second-order valence-electron chi connectivity index (χ2n) is 2.51. The first kappa shape index (κ1) is 9.48. The van der Waals surface area contributed by atoms with E-state index in [4.69, 9.17) is 4.42 Å². The molecule has 0 radical (unpaired) electrons. The van der Waals surface area contributed by atoms with Crippen molar-refractivity contribution < 1.29 is 9.21 Å². The van der Waals surface area contributed by atoms with Crippen molar-refractivity contribution in [3.05, 3.63) is 35.2 Å². The van der Waals surface area contributed by atoms with Gasteiger partial charge in [0.05, 0.1) is 5.75 Å². The monoisotopic (exact) mass is 225 g/mol. The van der Waals surface area contributed by atoms with Crippen molar-refractivity contribution in [1.29, 1.82) is 0 Å². The molecule has 0 bridgehead atoms.